The molecule has 0 aliphatic rings. The number of benzene rings is 1. The highest BCUT2D eigenvalue weighted by Crippen LogP contribution is 2.04. The van der Waals surface area contributed by atoms with Gasteiger partial charge < -0.3 is 4.79 Å². The molecule has 0 radical (unpaired) electrons. The zero-order valence-corrected chi connectivity index (χ0v) is 7.29. The highest BCUT2D eigenvalue weighted by molar-refractivity contribution is 5.56. The van der Waals surface area contributed by atoms with Gasteiger partial charge in [-0.3, -0.25) is 0 Å². The van der Waals surface area contributed by atoms with E-state index in [2.05, 4.69) is 18.4 Å². The molecule has 0 fully saturated rings. The van der Waals surface area contributed by atoms with Crippen LogP contribution in [0.15, 0.2) is 30.8 Å². The average Bonchev–Trinajstić information content (AvgIpc) is 2.19. The second kappa shape index (κ2) is 4.95. The van der Waals surface area contributed by atoms with Gasteiger partial charge in [0.15, 0.2) is 0 Å². The molecular weight excluding hydrogens is 160 g/mol. The summed E-state index contributed by atoms with van der Waals surface area (Å²) >= 11 is 0. The van der Waals surface area contributed by atoms with Crippen molar-refractivity contribution >= 4 is 12.4 Å². The predicted molar refractivity (Wildman–Crippen MR) is 54.1 cm³/mol. The fourth-order valence-electron chi connectivity index (χ4n) is 0.938. The van der Waals surface area contributed by atoms with E-state index in [0.717, 1.165) is 17.4 Å². The minimum absolute atomic E-state index is 0.290. The Balaban J connectivity index is 2.84. The largest absolute Gasteiger partial charge is 0.302 e. The van der Waals surface area contributed by atoms with Crippen LogP contribution < -0.4 is 0 Å². The standard InChI is InChI=1S/C12H10O/c1-2-11-7-5-8-12(10-11)6-3-4-9-13/h2,5,7-10H,1,4H2. The molecule has 0 heterocycles. The zero-order chi connectivity index (χ0) is 9.52. The van der Waals surface area contributed by atoms with Gasteiger partial charge in [0, 0.05) is 5.56 Å². The minimum atomic E-state index is 0.290. The van der Waals surface area contributed by atoms with Crippen molar-refractivity contribution in [2.75, 3.05) is 0 Å². The highest BCUT2D eigenvalue weighted by atomic mass is 16.1. The summed E-state index contributed by atoms with van der Waals surface area (Å²) in [5.41, 5.74) is 1.96. The number of hydrogen-bond acceptors (Lipinski definition) is 1. The van der Waals surface area contributed by atoms with E-state index >= 15 is 0 Å². The van der Waals surface area contributed by atoms with Crippen LogP contribution in [-0.2, 0) is 4.79 Å². The number of aldehydes is 1. The molecule has 1 aromatic rings. The van der Waals surface area contributed by atoms with E-state index in [1.54, 1.807) is 6.08 Å². The van der Waals surface area contributed by atoms with Crippen LogP contribution in [0.25, 0.3) is 6.08 Å². The summed E-state index contributed by atoms with van der Waals surface area (Å²) in [6.45, 7) is 3.66. The number of rotatable bonds is 2. The van der Waals surface area contributed by atoms with Gasteiger partial charge in [0.05, 0.1) is 6.42 Å². The number of hydrogen-bond donors (Lipinski definition) is 0. The molecule has 0 saturated heterocycles. The summed E-state index contributed by atoms with van der Waals surface area (Å²) in [5, 5.41) is 0. The van der Waals surface area contributed by atoms with E-state index in [1.807, 2.05) is 24.3 Å². The summed E-state index contributed by atoms with van der Waals surface area (Å²) in [5.74, 6) is 5.64. The molecule has 0 unspecified atom stereocenters. The molecule has 1 heteroatoms. The van der Waals surface area contributed by atoms with Gasteiger partial charge in [0.2, 0.25) is 0 Å². The van der Waals surface area contributed by atoms with Crippen LogP contribution in [0, 0.1) is 11.8 Å². The molecule has 0 N–H and O–H groups in total. The molecule has 0 spiro atoms. The van der Waals surface area contributed by atoms with Crippen molar-refractivity contribution in [3.8, 4) is 11.8 Å². The van der Waals surface area contributed by atoms with Crippen molar-refractivity contribution in [1.82, 2.24) is 0 Å². The Kier molecular flexibility index (Phi) is 3.53. The molecular formula is C12H10O. The predicted octanol–water partition coefficient (Wildman–Crippen LogP) is 2.27. The summed E-state index contributed by atoms with van der Waals surface area (Å²) in [4.78, 5) is 10.00. The second-order valence-corrected chi connectivity index (χ2v) is 2.50. The lowest BCUT2D eigenvalue weighted by atomic mass is 10.1. The molecule has 0 bridgehead atoms. The molecule has 0 amide bonds. The third-order valence-corrected chi connectivity index (χ3v) is 1.54. The Labute approximate surface area is 78.1 Å². The topological polar surface area (TPSA) is 17.1 Å². The molecule has 13 heavy (non-hydrogen) atoms. The highest BCUT2D eigenvalue weighted by Gasteiger charge is 1.87. The number of carbonyl (C=O) groups excluding carboxylic acids is 1. The van der Waals surface area contributed by atoms with Crippen molar-refractivity contribution in [2.45, 2.75) is 6.42 Å². The van der Waals surface area contributed by atoms with Gasteiger partial charge in [-0.2, -0.15) is 0 Å². The summed E-state index contributed by atoms with van der Waals surface area (Å²) < 4.78 is 0. The third-order valence-electron chi connectivity index (χ3n) is 1.54. The minimum Gasteiger partial charge on any atom is -0.302 e. The first kappa shape index (κ1) is 9.28. The molecule has 64 valence electrons. The van der Waals surface area contributed by atoms with Gasteiger partial charge in [-0.15, -0.1) is 0 Å². The van der Waals surface area contributed by atoms with Crippen LogP contribution in [0.3, 0.4) is 0 Å². The fourth-order valence-corrected chi connectivity index (χ4v) is 0.938. The smallest absolute Gasteiger partial charge is 0.131 e. The Morgan fingerprint density at radius 3 is 3.00 bits per heavy atom. The van der Waals surface area contributed by atoms with Crippen molar-refractivity contribution in [1.29, 1.82) is 0 Å². The lowest BCUT2D eigenvalue weighted by molar-refractivity contribution is -0.107. The van der Waals surface area contributed by atoms with Crippen LogP contribution in [0.5, 0.6) is 0 Å². The summed E-state index contributed by atoms with van der Waals surface area (Å²) in [6, 6.07) is 7.72. The van der Waals surface area contributed by atoms with Crippen molar-refractivity contribution in [3.63, 3.8) is 0 Å². The van der Waals surface area contributed by atoms with Gasteiger partial charge in [-0.25, -0.2) is 0 Å². The summed E-state index contributed by atoms with van der Waals surface area (Å²) in [7, 11) is 0. The SMILES string of the molecule is C=Cc1cccc(C#CCC=O)c1. The van der Waals surface area contributed by atoms with E-state index in [4.69, 9.17) is 0 Å². The van der Waals surface area contributed by atoms with Crippen molar-refractivity contribution < 1.29 is 4.79 Å². The van der Waals surface area contributed by atoms with E-state index in [9.17, 15) is 4.79 Å². The van der Waals surface area contributed by atoms with Gasteiger partial charge in [-0.05, 0) is 17.7 Å². The first-order valence-electron chi connectivity index (χ1n) is 4.02. The van der Waals surface area contributed by atoms with Gasteiger partial charge in [0.25, 0.3) is 0 Å². The van der Waals surface area contributed by atoms with Crippen LogP contribution in [0.1, 0.15) is 17.5 Å². The molecule has 0 aromatic heterocycles. The van der Waals surface area contributed by atoms with Gasteiger partial charge in [0.1, 0.15) is 6.29 Å². The van der Waals surface area contributed by atoms with Crippen LogP contribution in [0.2, 0.25) is 0 Å². The molecule has 1 rings (SSSR count). The normalized spacial score (nSPS) is 8.31. The van der Waals surface area contributed by atoms with E-state index in [0.29, 0.717) is 0 Å². The van der Waals surface area contributed by atoms with E-state index in [1.165, 1.54) is 0 Å². The van der Waals surface area contributed by atoms with Crippen LogP contribution in [-0.4, -0.2) is 6.29 Å². The molecule has 0 saturated carbocycles. The van der Waals surface area contributed by atoms with E-state index < -0.39 is 0 Å². The Hall–Kier alpha value is -1.81. The van der Waals surface area contributed by atoms with E-state index in [-0.39, 0.29) is 6.42 Å². The Morgan fingerprint density at radius 1 is 1.46 bits per heavy atom. The third kappa shape index (κ3) is 2.96. The monoisotopic (exact) mass is 170 g/mol. The Morgan fingerprint density at radius 2 is 2.31 bits per heavy atom. The van der Waals surface area contributed by atoms with Crippen LogP contribution in [0.4, 0.5) is 0 Å². The van der Waals surface area contributed by atoms with Gasteiger partial charge >= 0.3 is 0 Å². The maximum atomic E-state index is 10.00. The molecule has 0 atom stereocenters. The summed E-state index contributed by atoms with van der Waals surface area (Å²) in [6.07, 6.45) is 2.85. The maximum absolute atomic E-state index is 10.00. The molecule has 0 aliphatic heterocycles. The second-order valence-electron chi connectivity index (χ2n) is 2.50. The average molecular weight is 170 g/mol. The maximum Gasteiger partial charge on any atom is 0.131 e. The zero-order valence-electron chi connectivity index (χ0n) is 7.29. The number of carbonyl (C=O) groups is 1. The lowest BCUT2D eigenvalue weighted by Gasteiger charge is -1.92. The lowest BCUT2D eigenvalue weighted by Crippen LogP contribution is -1.76. The van der Waals surface area contributed by atoms with Gasteiger partial charge in [-0.1, -0.05) is 36.6 Å². The van der Waals surface area contributed by atoms with Crippen LogP contribution >= 0.6 is 0 Å². The molecule has 1 aromatic carbocycles. The molecule has 1 nitrogen and oxygen atoms in total. The molecule has 0 aliphatic carbocycles. The quantitative estimate of drug-likeness (QED) is 0.491. The Bertz CT molecular complexity index is 366. The fraction of sp³-hybridized carbons (Fsp3) is 0.0833. The van der Waals surface area contributed by atoms with Crippen molar-refractivity contribution in [2.24, 2.45) is 0 Å². The van der Waals surface area contributed by atoms with Crippen molar-refractivity contribution in [3.05, 3.63) is 42.0 Å². The first-order valence-corrected chi connectivity index (χ1v) is 4.02. The first-order chi connectivity index (χ1) is 6.36.